The molecule has 1 aliphatic carbocycles. The fourth-order valence-corrected chi connectivity index (χ4v) is 4.08. The molecular formula is C21H28N2O2. The van der Waals surface area contributed by atoms with E-state index in [0.29, 0.717) is 6.04 Å². The molecule has 0 unspecified atom stereocenters. The van der Waals surface area contributed by atoms with Crippen molar-refractivity contribution in [2.24, 2.45) is 0 Å². The molecular weight excluding hydrogens is 312 g/mol. The molecule has 1 atom stereocenters. The molecule has 1 saturated carbocycles. The van der Waals surface area contributed by atoms with Gasteiger partial charge in [-0.15, -0.1) is 0 Å². The Morgan fingerprint density at radius 2 is 2.16 bits per heavy atom. The van der Waals surface area contributed by atoms with Crippen LogP contribution in [0.3, 0.4) is 0 Å². The largest absolute Gasteiger partial charge is 0.446 e. The highest BCUT2D eigenvalue weighted by molar-refractivity contribution is 5.67. The summed E-state index contributed by atoms with van der Waals surface area (Å²) >= 11 is 0. The summed E-state index contributed by atoms with van der Waals surface area (Å²) in [6, 6.07) is 4.56. The van der Waals surface area contributed by atoms with Gasteiger partial charge in [-0.2, -0.15) is 0 Å². The van der Waals surface area contributed by atoms with Crippen LogP contribution in [0.2, 0.25) is 0 Å². The van der Waals surface area contributed by atoms with E-state index in [9.17, 15) is 4.79 Å². The molecule has 0 radical (unpaired) electrons. The lowest BCUT2D eigenvalue weighted by molar-refractivity contribution is -0.153. The van der Waals surface area contributed by atoms with Crippen molar-refractivity contribution in [2.75, 3.05) is 13.1 Å². The molecule has 4 nitrogen and oxygen atoms in total. The van der Waals surface area contributed by atoms with Crippen molar-refractivity contribution < 1.29 is 9.53 Å². The zero-order chi connectivity index (χ0) is 17.5. The number of aromatic nitrogens is 1. The number of rotatable bonds is 3. The van der Waals surface area contributed by atoms with Crippen LogP contribution in [-0.2, 0) is 9.53 Å². The van der Waals surface area contributed by atoms with Crippen molar-refractivity contribution in [3.8, 4) is 11.8 Å². The second kappa shape index (κ2) is 8.49. The van der Waals surface area contributed by atoms with Gasteiger partial charge in [0.15, 0.2) is 5.60 Å². The number of piperidine rings is 1. The van der Waals surface area contributed by atoms with Crippen molar-refractivity contribution >= 4 is 5.97 Å². The summed E-state index contributed by atoms with van der Waals surface area (Å²) in [5.74, 6) is 6.46. The molecule has 1 aliphatic heterocycles. The van der Waals surface area contributed by atoms with Gasteiger partial charge in [0, 0.05) is 25.4 Å². The van der Waals surface area contributed by atoms with E-state index in [1.54, 1.807) is 0 Å². The van der Waals surface area contributed by atoms with Crippen LogP contribution in [0.25, 0.3) is 0 Å². The molecule has 25 heavy (non-hydrogen) atoms. The molecule has 3 rings (SSSR count). The first-order valence-electron chi connectivity index (χ1n) is 9.52. The van der Waals surface area contributed by atoms with Gasteiger partial charge in [0.25, 0.3) is 0 Å². The van der Waals surface area contributed by atoms with Crippen LogP contribution in [0.15, 0.2) is 24.5 Å². The topological polar surface area (TPSA) is 42.4 Å². The van der Waals surface area contributed by atoms with Crippen LogP contribution >= 0.6 is 0 Å². The van der Waals surface area contributed by atoms with Crippen molar-refractivity contribution in [1.29, 1.82) is 0 Å². The number of hydrogen-bond acceptors (Lipinski definition) is 4. The molecule has 0 spiro atoms. The minimum Gasteiger partial charge on any atom is -0.446 e. The van der Waals surface area contributed by atoms with E-state index in [1.165, 1.54) is 31.7 Å². The molecule has 2 fully saturated rings. The van der Waals surface area contributed by atoms with Crippen LogP contribution in [0.4, 0.5) is 0 Å². The number of esters is 1. The van der Waals surface area contributed by atoms with Crippen LogP contribution in [-0.4, -0.2) is 34.5 Å². The third kappa shape index (κ3) is 4.83. The summed E-state index contributed by atoms with van der Waals surface area (Å²) in [6.45, 7) is 3.28. The van der Waals surface area contributed by atoms with E-state index in [0.717, 1.165) is 45.2 Å². The van der Waals surface area contributed by atoms with E-state index in [-0.39, 0.29) is 5.97 Å². The van der Waals surface area contributed by atoms with Crippen LogP contribution in [0, 0.1) is 11.8 Å². The predicted octanol–water partition coefficient (Wildman–Crippen LogP) is 3.88. The first-order valence-corrected chi connectivity index (χ1v) is 9.52. The van der Waals surface area contributed by atoms with Crippen LogP contribution in [0.1, 0.15) is 69.9 Å². The summed E-state index contributed by atoms with van der Waals surface area (Å²) in [5.41, 5.74) is 0.722. The quantitative estimate of drug-likeness (QED) is 0.619. The summed E-state index contributed by atoms with van der Waals surface area (Å²) < 4.78 is 5.64. The zero-order valence-electron chi connectivity index (χ0n) is 15.2. The Labute approximate surface area is 151 Å². The Bertz CT molecular complexity index is 626. The molecule has 2 heterocycles. The Balaban J connectivity index is 1.70. The van der Waals surface area contributed by atoms with Crippen molar-refractivity contribution in [1.82, 2.24) is 9.88 Å². The van der Waals surface area contributed by atoms with E-state index < -0.39 is 5.60 Å². The first-order chi connectivity index (χ1) is 12.2. The van der Waals surface area contributed by atoms with E-state index in [2.05, 4.69) is 27.8 Å². The summed E-state index contributed by atoms with van der Waals surface area (Å²) in [7, 11) is 0. The highest BCUT2D eigenvalue weighted by Crippen LogP contribution is 2.32. The fourth-order valence-electron chi connectivity index (χ4n) is 4.08. The number of carbonyl (C=O) groups is 1. The van der Waals surface area contributed by atoms with Crippen molar-refractivity contribution in [3.05, 3.63) is 30.1 Å². The number of carbonyl (C=O) groups excluding carboxylic acids is 1. The summed E-state index contributed by atoms with van der Waals surface area (Å²) in [4.78, 5) is 18.2. The van der Waals surface area contributed by atoms with Gasteiger partial charge in [-0.05, 0) is 56.7 Å². The minimum atomic E-state index is -0.552. The maximum atomic E-state index is 11.5. The Hall–Kier alpha value is -1.86. The maximum Gasteiger partial charge on any atom is 0.304 e. The summed E-state index contributed by atoms with van der Waals surface area (Å²) in [6.07, 6.45) is 12.5. The molecule has 134 valence electrons. The third-order valence-electron chi connectivity index (χ3n) is 5.28. The standard InChI is InChI=1S/C21H28N2O2/c1-18(24)25-21(11-4-2-5-12-21)13-8-16-23-15-6-3-10-20(23)19-9-7-14-22-17-19/h7,9,14,17,20H,2-6,10-12,15-16H2,1H3/t20-/m0/s1. The van der Waals surface area contributed by atoms with Gasteiger partial charge in [0.2, 0.25) is 0 Å². The average molecular weight is 340 g/mol. The SMILES string of the molecule is CC(=O)OC1(C#CCN2CCCC[C@H]2c2cccnc2)CCCCC1. The van der Waals surface area contributed by atoms with Gasteiger partial charge < -0.3 is 4.74 Å². The smallest absolute Gasteiger partial charge is 0.304 e. The highest BCUT2D eigenvalue weighted by Gasteiger charge is 2.33. The lowest BCUT2D eigenvalue weighted by Gasteiger charge is -2.35. The number of pyridine rings is 1. The Morgan fingerprint density at radius 1 is 1.32 bits per heavy atom. The number of ether oxygens (including phenoxy) is 1. The fraction of sp³-hybridized carbons (Fsp3) is 0.619. The Kier molecular flexibility index (Phi) is 6.09. The molecule has 0 aromatic carbocycles. The minimum absolute atomic E-state index is 0.220. The number of likely N-dealkylation sites (tertiary alicyclic amines) is 1. The van der Waals surface area contributed by atoms with E-state index in [1.807, 2.05) is 18.5 Å². The van der Waals surface area contributed by atoms with Gasteiger partial charge in [-0.25, -0.2) is 0 Å². The van der Waals surface area contributed by atoms with Gasteiger partial charge in [-0.1, -0.05) is 30.7 Å². The van der Waals surface area contributed by atoms with Gasteiger partial charge in [-0.3, -0.25) is 14.7 Å². The van der Waals surface area contributed by atoms with Crippen LogP contribution in [0.5, 0.6) is 0 Å². The molecule has 0 amide bonds. The second-order valence-corrected chi connectivity index (χ2v) is 7.22. The second-order valence-electron chi connectivity index (χ2n) is 7.22. The van der Waals surface area contributed by atoms with E-state index in [4.69, 9.17) is 4.74 Å². The normalized spacial score (nSPS) is 23.3. The average Bonchev–Trinajstić information content (AvgIpc) is 2.63. The first kappa shape index (κ1) is 17.9. The lowest BCUT2D eigenvalue weighted by Crippen LogP contribution is -2.36. The molecule has 1 aromatic heterocycles. The van der Waals surface area contributed by atoms with Crippen LogP contribution < -0.4 is 0 Å². The molecule has 0 bridgehead atoms. The molecule has 1 saturated heterocycles. The Morgan fingerprint density at radius 3 is 2.88 bits per heavy atom. The van der Waals surface area contributed by atoms with Gasteiger partial charge >= 0.3 is 5.97 Å². The maximum absolute atomic E-state index is 11.5. The molecule has 1 aromatic rings. The van der Waals surface area contributed by atoms with Gasteiger partial charge in [0.05, 0.1) is 6.54 Å². The monoisotopic (exact) mass is 340 g/mol. The molecule has 2 aliphatic rings. The number of nitrogens with zero attached hydrogens (tertiary/aromatic N) is 2. The lowest BCUT2D eigenvalue weighted by atomic mass is 9.85. The predicted molar refractivity (Wildman–Crippen MR) is 97.8 cm³/mol. The molecule has 0 N–H and O–H groups in total. The van der Waals surface area contributed by atoms with Crippen molar-refractivity contribution in [3.63, 3.8) is 0 Å². The van der Waals surface area contributed by atoms with Gasteiger partial charge in [0.1, 0.15) is 0 Å². The highest BCUT2D eigenvalue weighted by atomic mass is 16.6. The number of hydrogen-bond donors (Lipinski definition) is 0. The zero-order valence-corrected chi connectivity index (χ0v) is 15.2. The third-order valence-corrected chi connectivity index (χ3v) is 5.28. The van der Waals surface area contributed by atoms with E-state index >= 15 is 0 Å². The summed E-state index contributed by atoms with van der Waals surface area (Å²) in [5, 5.41) is 0. The molecule has 4 heteroatoms. The van der Waals surface area contributed by atoms with Crippen molar-refractivity contribution in [2.45, 2.75) is 69.9 Å².